The second-order valence-corrected chi connectivity index (χ2v) is 8.93. The number of hydrogen-bond acceptors (Lipinski definition) is 3. The monoisotopic (exact) mass is 394 g/mol. The van der Waals surface area contributed by atoms with Crippen LogP contribution in [0.5, 0.6) is 0 Å². The van der Waals surface area contributed by atoms with E-state index in [2.05, 4.69) is 0 Å². The van der Waals surface area contributed by atoms with Crippen molar-refractivity contribution in [3.63, 3.8) is 0 Å². The van der Waals surface area contributed by atoms with Crippen LogP contribution >= 0.6 is 0 Å². The number of carbonyl (C=O) groups is 2. The molecule has 2 aliphatic rings. The maximum absolute atomic E-state index is 11.7. The fourth-order valence-corrected chi connectivity index (χ4v) is 4.32. The van der Waals surface area contributed by atoms with Crippen molar-refractivity contribution in [3.8, 4) is 0 Å². The molecule has 0 aromatic heterocycles. The van der Waals surface area contributed by atoms with Gasteiger partial charge in [-0.15, -0.1) is 0 Å². The van der Waals surface area contributed by atoms with Gasteiger partial charge >= 0.3 is 0 Å². The third kappa shape index (κ3) is 14.3. The van der Waals surface area contributed by atoms with Crippen LogP contribution in [0.3, 0.4) is 0 Å². The molecule has 3 nitrogen and oxygen atoms in total. The van der Waals surface area contributed by atoms with Crippen molar-refractivity contribution in [2.45, 2.75) is 135 Å². The lowest BCUT2D eigenvalue weighted by Gasteiger charge is -2.13. The van der Waals surface area contributed by atoms with Crippen molar-refractivity contribution in [2.24, 2.45) is 5.92 Å². The average Bonchev–Trinajstić information content (AvgIpc) is 2.68. The van der Waals surface area contributed by atoms with Gasteiger partial charge in [-0.2, -0.15) is 0 Å². The molecule has 0 aromatic rings. The minimum absolute atomic E-state index is 0.0544. The summed E-state index contributed by atoms with van der Waals surface area (Å²) in [5, 5.41) is 9.15. The quantitative estimate of drug-likeness (QED) is 0.524. The first-order valence-electron chi connectivity index (χ1n) is 12.4. The van der Waals surface area contributed by atoms with E-state index in [-0.39, 0.29) is 18.3 Å². The van der Waals surface area contributed by atoms with Gasteiger partial charge < -0.3 is 5.11 Å². The molecule has 1 unspecified atom stereocenters. The molecule has 164 valence electrons. The van der Waals surface area contributed by atoms with E-state index in [1.807, 2.05) is 0 Å². The first-order valence-corrected chi connectivity index (χ1v) is 12.4. The average molecular weight is 395 g/mol. The Morgan fingerprint density at radius 1 is 0.536 bits per heavy atom. The van der Waals surface area contributed by atoms with Crippen LogP contribution in [0, 0.1) is 5.92 Å². The van der Waals surface area contributed by atoms with Crippen molar-refractivity contribution < 1.29 is 14.7 Å². The molecule has 2 fully saturated rings. The summed E-state index contributed by atoms with van der Waals surface area (Å²) in [6, 6.07) is 0. The summed E-state index contributed by atoms with van der Waals surface area (Å²) in [4.78, 5) is 23.0. The summed E-state index contributed by atoms with van der Waals surface area (Å²) >= 11 is 0. The van der Waals surface area contributed by atoms with E-state index in [0.717, 1.165) is 44.9 Å². The number of carbonyl (C=O) groups excluding carboxylic acids is 2. The Morgan fingerprint density at radius 2 is 0.893 bits per heavy atom. The van der Waals surface area contributed by atoms with E-state index in [9.17, 15) is 9.59 Å². The molecule has 0 aromatic carbocycles. The molecule has 0 saturated heterocycles. The zero-order valence-corrected chi connectivity index (χ0v) is 18.4. The minimum Gasteiger partial charge on any atom is -0.396 e. The van der Waals surface area contributed by atoms with Gasteiger partial charge in [-0.05, 0) is 25.7 Å². The number of aliphatic hydroxyl groups excluding tert-OH is 1. The van der Waals surface area contributed by atoms with Gasteiger partial charge in [0, 0.05) is 25.2 Å². The number of rotatable bonds is 1. The molecule has 3 heteroatoms. The molecule has 0 radical (unpaired) electrons. The Hall–Kier alpha value is -0.700. The van der Waals surface area contributed by atoms with Gasteiger partial charge in [0.2, 0.25) is 0 Å². The van der Waals surface area contributed by atoms with Gasteiger partial charge in [-0.3, -0.25) is 9.59 Å². The molecule has 2 rings (SSSR count). The van der Waals surface area contributed by atoms with E-state index in [1.165, 1.54) is 83.5 Å². The normalized spacial score (nSPS) is 25.1. The molecule has 0 spiro atoms. The van der Waals surface area contributed by atoms with Crippen LogP contribution < -0.4 is 0 Å². The zero-order valence-electron chi connectivity index (χ0n) is 18.4. The summed E-state index contributed by atoms with van der Waals surface area (Å²) in [5.74, 6) is 0.725. The Kier molecular flexibility index (Phi) is 16.6. The molecule has 0 bridgehead atoms. The van der Waals surface area contributed by atoms with Crippen molar-refractivity contribution >= 4 is 11.6 Å². The van der Waals surface area contributed by atoms with E-state index >= 15 is 0 Å². The van der Waals surface area contributed by atoms with Gasteiger partial charge in [-0.1, -0.05) is 89.9 Å². The molecule has 0 aliphatic heterocycles. The Balaban J connectivity index is 0.000000283. The molecule has 2 aliphatic carbocycles. The van der Waals surface area contributed by atoms with E-state index in [4.69, 9.17) is 5.11 Å². The van der Waals surface area contributed by atoms with Crippen LogP contribution in [-0.4, -0.2) is 23.3 Å². The van der Waals surface area contributed by atoms with Crippen molar-refractivity contribution in [3.05, 3.63) is 0 Å². The highest BCUT2D eigenvalue weighted by molar-refractivity contribution is 5.81. The zero-order chi connectivity index (χ0) is 20.3. The van der Waals surface area contributed by atoms with Gasteiger partial charge in [0.1, 0.15) is 11.6 Å². The maximum atomic E-state index is 11.7. The van der Waals surface area contributed by atoms with Crippen LogP contribution in [0.4, 0.5) is 0 Å². The maximum Gasteiger partial charge on any atom is 0.138 e. The number of aliphatic hydroxyl groups is 1. The van der Waals surface area contributed by atoms with E-state index < -0.39 is 0 Å². The lowest BCUT2D eigenvalue weighted by atomic mass is 9.92. The molecule has 0 amide bonds. The van der Waals surface area contributed by atoms with E-state index in [1.54, 1.807) is 0 Å². The molecule has 28 heavy (non-hydrogen) atoms. The summed E-state index contributed by atoms with van der Waals surface area (Å²) in [6.45, 7) is 0.0544. The van der Waals surface area contributed by atoms with Crippen LogP contribution in [0.2, 0.25) is 0 Å². The van der Waals surface area contributed by atoms with E-state index in [0.29, 0.717) is 12.2 Å². The predicted octanol–water partition coefficient (Wildman–Crippen LogP) is 6.94. The molecular formula is C25H46O3. The first-order chi connectivity index (χ1) is 13.7. The van der Waals surface area contributed by atoms with Crippen LogP contribution in [0.15, 0.2) is 0 Å². The van der Waals surface area contributed by atoms with Crippen LogP contribution in [0.25, 0.3) is 0 Å². The Bertz CT molecular complexity index is 377. The topological polar surface area (TPSA) is 54.4 Å². The Labute approximate surface area is 174 Å². The molecule has 2 saturated carbocycles. The smallest absolute Gasteiger partial charge is 0.138 e. The highest BCUT2D eigenvalue weighted by atomic mass is 16.3. The summed E-state index contributed by atoms with van der Waals surface area (Å²) in [7, 11) is 0. The second-order valence-electron chi connectivity index (χ2n) is 8.93. The van der Waals surface area contributed by atoms with Gasteiger partial charge in [0.15, 0.2) is 0 Å². The highest BCUT2D eigenvalue weighted by Crippen LogP contribution is 2.18. The highest BCUT2D eigenvalue weighted by Gasteiger charge is 2.16. The van der Waals surface area contributed by atoms with Crippen LogP contribution in [-0.2, 0) is 9.59 Å². The molecule has 1 N–H and O–H groups in total. The Morgan fingerprint density at radius 3 is 1.32 bits per heavy atom. The van der Waals surface area contributed by atoms with Gasteiger partial charge in [0.25, 0.3) is 0 Å². The lowest BCUT2D eigenvalue weighted by molar-refractivity contribution is -0.124. The fourth-order valence-electron chi connectivity index (χ4n) is 4.32. The first kappa shape index (κ1) is 25.3. The van der Waals surface area contributed by atoms with Crippen molar-refractivity contribution in [1.82, 2.24) is 0 Å². The third-order valence-corrected chi connectivity index (χ3v) is 6.31. The fraction of sp³-hybridized carbons (Fsp3) is 0.920. The molecule has 0 heterocycles. The summed E-state index contributed by atoms with van der Waals surface area (Å²) in [5.41, 5.74) is 0. The second kappa shape index (κ2) is 18.3. The third-order valence-electron chi connectivity index (χ3n) is 6.31. The lowest BCUT2D eigenvalue weighted by Crippen LogP contribution is -2.18. The van der Waals surface area contributed by atoms with Crippen molar-refractivity contribution in [1.29, 1.82) is 0 Å². The molecular weight excluding hydrogens is 348 g/mol. The minimum atomic E-state index is -0.0653. The molecule has 1 atom stereocenters. The van der Waals surface area contributed by atoms with Gasteiger partial charge in [-0.25, -0.2) is 0 Å². The summed E-state index contributed by atoms with van der Waals surface area (Å²) in [6.07, 6.45) is 24.7. The number of ketones is 2. The predicted molar refractivity (Wildman–Crippen MR) is 118 cm³/mol. The summed E-state index contributed by atoms with van der Waals surface area (Å²) < 4.78 is 0. The largest absolute Gasteiger partial charge is 0.396 e. The van der Waals surface area contributed by atoms with Crippen LogP contribution in [0.1, 0.15) is 135 Å². The SMILES string of the molecule is O=C1CCCCCCCCCCC1.O=C1CCCCCCCCCCC1CO. The number of Topliss-reactive ketones (excluding diaryl/α,β-unsaturated/α-hetero) is 2. The standard InChI is InChI=1S/C13H24O2.C12H22O/c14-11-12-9-7-5-3-1-2-4-6-8-10-13(12)15;13-12-10-8-6-4-2-1-3-5-7-9-11-12/h12,14H,1-11H2;1-11H2. The van der Waals surface area contributed by atoms with Gasteiger partial charge in [0.05, 0.1) is 6.61 Å². The van der Waals surface area contributed by atoms with Crippen molar-refractivity contribution in [2.75, 3.05) is 6.61 Å². The number of hydrogen-bond donors (Lipinski definition) is 1.